The summed E-state index contributed by atoms with van der Waals surface area (Å²) >= 11 is 0. The standard InChI is InChI=1S/C11H14O3/c1-7-6-8(12)11-9(13-2)4-3-5-10(11)14-7/h3-5,7-8,12H,6H2,1-2H3/t7-,8?/m1/s1. The van der Waals surface area contributed by atoms with Crippen molar-refractivity contribution >= 4 is 0 Å². The fourth-order valence-electron chi connectivity index (χ4n) is 1.83. The maximum atomic E-state index is 9.88. The largest absolute Gasteiger partial charge is 0.496 e. The molecular formula is C11H14O3. The summed E-state index contributed by atoms with van der Waals surface area (Å²) in [5, 5.41) is 9.88. The van der Waals surface area contributed by atoms with Crippen molar-refractivity contribution in [3.05, 3.63) is 23.8 Å². The van der Waals surface area contributed by atoms with E-state index in [0.717, 1.165) is 11.3 Å². The molecule has 2 atom stereocenters. The van der Waals surface area contributed by atoms with Crippen molar-refractivity contribution < 1.29 is 14.6 Å². The second kappa shape index (κ2) is 3.50. The molecule has 0 bridgehead atoms. The molecule has 2 rings (SSSR count). The van der Waals surface area contributed by atoms with Crippen molar-refractivity contribution in [1.82, 2.24) is 0 Å². The fourth-order valence-corrected chi connectivity index (χ4v) is 1.83. The lowest BCUT2D eigenvalue weighted by molar-refractivity contribution is 0.0723. The first kappa shape index (κ1) is 9.34. The molecule has 1 aromatic carbocycles. The average Bonchev–Trinajstić information content (AvgIpc) is 2.16. The molecule has 0 saturated carbocycles. The number of methoxy groups -OCH3 is 1. The van der Waals surface area contributed by atoms with Gasteiger partial charge in [0.25, 0.3) is 0 Å². The van der Waals surface area contributed by atoms with E-state index in [-0.39, 0.29) is 6.10 Å². The second-order valence-electron chi connectivity index (χ2n) is 3.55. The predicted molar refractivity (Wildman–Crippen MR) is 52.7 cm³/mol. The van der Waals surface area contributed by atoms with Crippen LogP contribution in [0.5, 0.6) is 11.5 Å². The zero-order valence-corrected chi connectivity index (χ0v) is 8.36. The van der Waals surface area contributed by atoms with Crippen LogP contribution in [-0.4, -0.2) is 18.3 Å². The minimum Gasteiger partial charge on any atom is -0.496 e. The Morgan fingerprint density at radius 2 is 2.29 bits per heavy atom. The molecule has 0 aromatic heterocycles. The summed E-state index contributed by atoms with van der Waals surface area (Å²) in [6.07, 6.45) is 0.197. The van der Waals surface area contributed by atoms with E-state index >= 15 is 0 Å². The first-order chi connectivity index (χ1) is 6.72. The van der Waals surface area contributed by atoms with Crippen molar-refractivity contribution in [2.45, 2.75) is 25.6 Å². The lowest BCUT2D eigenvalue weighted by Gasteiger charge is -2.28. The first-order valence-electron chi connectivity index (χ1n) is 4.74. The van der Waals surface area contributed by atoms with Gasteiger partial charge in [-0.25, -0.2) is 0 Å². The SMILES string of the molecule is COc1cccc2c1C(O)C[C@@H](C)O2. The molecule has 0 saturated heterocycles. The maximum absolute atomic E-state index is 9.88. The van der Waals surface area contributed by atoms with Crippen LogP contribution in [0.2, 0.25) is 0 Å². The van der Waals surface area contributed by atoms with E-state index in [0.29, 0.717) is 12.2 Å². The third-order valence-corrected chi connectivity index (χ3v) is 2.46. The van der Waals surface area contributed by atoms with Crippen molar-refractivity contribution in [3.63, 3.8) is 0 Å². The van der Waals surface area contributed by atoms with Gasteiger partial charge >= 0.3 is 0 Å². The van der Waals surface area contributed by atoms with Gasteiger partial charge < -0.3 is 14.6 Å². The van der Waals surface area contributed by atoms with Crippen molar-refractivity contribution in [2.75, 3.05) is 7.11 Å². The average molecular weight is 194 g/mol. The van der Waals surface area contributed by atoms with Gasteiger partial charge in [-0.05, 0) is 19.1 Å². The van der Waals surface area contributed by atoms with E-state index in [1.54, 1.807) is 7.11 Å². The minimum absolute atomic E-state index is 0.0598. The number of ether oxygens (including phenoxy) is 2. The summed E-state index contributed by atoms with van der Waals surface area (Å²) in [6, 6.07) is 5.56. The number of benzene rings is 1. The normalized spacial score (nSPS) is 25.1. The van der Waals surface area contributed by atoms with Crippen LogP contribution in [-0.2, 0) is 0 Å². The molecule has 0 amide bonds. The second-order valence-corrected chi connectivity index (χ2v) is 3.55. The van der Waals surface area contributed by atoms with E-state index in [1.165, 1.54) is 0 Å². The monoisotopic (exact) mass is 194 g/mol. The zero-order chi connectivity index (χ0) is 10.1. The summed E-state index contributed by atoms with van der Waals surface area (Å²) in [5.41, 5.74) is 0.771. The van der Waals surface area contributed by atoms with Gasteiger partial charge in [0, 0.05) is 6.42 Å². The van der Waals surface area contributed by atoms with Crippen LogP contribution in [0, 0.1) is 0 Å². The summed E-state index contributed by atoms with van der Waals surface area (Å²) in [5.74, 6) is 1.43. The van der Waals surface area contributed by atoms with E-state index in [2.05, 4.69) is 0 Å². The number of hydrogen-bond acceptors (Lipinski definition) is 3. The van der Waals surface area contributed by atoms with Crippen LogP contribution in [0.3, 0.4) is 0 Å². The molecule has 1 aromatic rings. The Labute approximate surface area is 83.3 Å². The molecule has 1 unspecified atom stereocenters. The Morgan fingerprint density at radius 3 is 3.00 bits per heavy atom. The molecule has 14 heavy (non-hydrogen) atoms. The summed E-state index contributed by atoms with van der Waals surface area (Å²) in [7, 11) is 1.60. The van der Waals surface area contributed by atoms with Crippen molar-refractivity contribution in [1.29, 1.82) is 0 Å². The highest BCUT2D eigenvalue weighted by Crippen LogP contribution is 2.40. The number of aliphatic hydroxyl groups is 1. The molecule has 76 valence electrons. The summed E-state index contributed by atoms with van der Waals surface area (Å²) < 4.78 is 10.8. The van der Waals surface area contributed by atoms with Gasteiger partial charge in [-0.1, -0.05) is 6.07 Å². The maximum Gasteiger partial charge on any atom is 0.129 e. The summed E-state index contributed by atoms with van der Waals surface area (Å²) in [6.45, 7) is 1.95. The first-order valence-corrected chi connectivity index (χ1v) is 4.74. The topological polar surface area (TPSA) is 38.7 Å². The molecule has 1 aliphatic heterocycles. The third kappa shape index (κ3) is 1.44. The Balaban J connectivity index is 2.47. The van der Waals surface area contributed by atoms with Gasteiger partial charge in [-0.2, -0.15) is 0 Å². The highest BCUT2D eigenvalue weighted by atomic mass is 16.5. The van der Waals surface area contributed by atoms with Crippen LogP contribution < -0.4 is 9.47 Å². The lowest BCUT2D eigenvalue weighted by Crippen LogP contribution is -2.22. The van der Waals surface area contributed by atoms with Gasteiger partial charge in [0.05, 0.1) is 24.9 Å². The lowest BCUT2D eigenvalue weighted by atomic mass is 9.99. The summed E-state index contributed by atoms with van der Waals surface area (Å²) in [4.78, 5) is 0. The Bertz CT molecular complexity index is 335. The predicted octanol–water partition coefficient (Wildman–Crippen LogP) is 1.90. The third-order valence-electron chi connectivity index (χ3n) is 2.46. The van der Waals surface area contributed by atoms with Gasteiger partial charge in [0.1, 0.15) is 11.5 Å². The molecule has 0 radical (unpaired) electrons. The van der Waals surface area contributed by atoms with Crippen LogP contribution in [0.15, 0.2) is 18.2 Å². The number of fused-ring (bicyclic) bond motifs is 1. The number of aliphatic hydroxyl groups excluding tert-OH is 1. The van der Waals surface area contributed by atoms with E-state index in [1.807, 2.05) is 25.1 Å². The molecular weight excluding hydrogens is 180 g/mol. The Hall–Kier alpha value is -1.22. The molecule has 1 aliphatic rings. The molecule has 1 heterocycles. The van der Waals surface area contributed by atoms with Gasteiger partial charge in [-0.15, -0.1) is 0 Å². The molecule has 0 fully saturated rings. The number of hydrogen-bond donors (Lipinski definition) is 1. The molecule has 0 spiro atoms. The molecule has 1 N–H and O–H groups in total. The zero-order valence-electron chi connectivity index (χ0n) is 8.36. The minimum atomic E-state index is -0.482. The van der Waals surface area contributed by atoms with Crippen LogP contribution in [0.25, 0.3) is 0 Å². The number of rotatable bonds is 1. The van der Waals surface area contributed by atoms with Gasteiger partial charge in [-0.3, -0.25) is 0 Å². The smallest absolute Gasteiger partial charge is 0.129 e. The molecule has 3 nitrogen and oxygen atoms in total. The Morgan fingerprint density at radius 1 is 1.50 bits per heavy atom. The van der Waals surface area contributed by atoms with Crippen LogP contribution >= 0.6 is 0 Å². The van der Waals surface area contributed by atoms with Gasteiger partial charge in [0.15, 0.2) is 0 Å². The van der Waals surface area contributed by atoms with Crippen molar-refractivity contribution in [3.8, 4) is 11.5 Å². The van der Waals surface area contributed by atoms with E-state index < -0.39 is 6.10 Å². The quantitative estimate of drug-likeness (QED) is 0.742. The van der Waals surface area contributed by atoms with Gasteiger partial charge in [0.2, 0.25) is 0 Å². The van der Waals surface area contributed by atoms with Crippen LogP contribution in [0.1, 0.15) is 25.0 Å². The Kier molecular flexibility index (Phi) is 2.33. The highest BCUT2D eigenvalue weighted by Gasteiger charge is 2.26. The molecule has 0 aliphatic carbocycles. The highest BCUT2D eigenvalue weighted by molar-refractivity contribution is 5.47. The van der Waals surface area contributed by atoms with E-state index in [9.17, 15) is 5.11 Å². The van der Waals surface area contributed by atoms with E-state index in [4.69, 9.17) is 9.47 Å². The van der Waals surface area contributed by atoms with Crippen molar-refractivity contribution in [2.24, 2.45) is 0 Å². The van der Waals surface area contributed by atoms with Crippen LogP contribution in [0.4, 0.5) is 0 Å². The fraction of sp³-hybridized carbons (Fsp3) is 0.455. The molecule has 3 heteroatoms.